The summed E-state index contributed by atoms with van der Waals surface area (Å²) >= 11 is 0. The summed E-state index contributed by atoms with van der Waals surface area (Å²) in [5.41, 5.74) is 1.20. The van der Waals surface area contributed by atoms with E-state index in [9.17, 15) is 4.79 Å². The first-order chi connectivity index (χ1) is 9.22. The second-order valence-corrected chi connectivity index (χ2v) is 4.19. The summed E-state index contributed by atoms with van der Waals surface area (Å²) in [6, 6.07) is 7.14. The summed E-state index contributed by atoms with van der Waals surface area (Å²) < 4.78 is 15.3. The van der Waals surface area contributed by atoms with Gasteiger partial charge in [-0.05, 0) is 24.6 Å². The van der Waals surface area contributed by atoms with Crippen LogP contribution >= 0.6 is 0 Å². The molecule has 19 heavy (non-hydrogen) atoms. The molecule has 0 atom stereocenters. The van der Waals surface area contributed by atoms with Crippen LogP contribution in [-0.4, -0.2) is 17.9 Å². The SMILES string of the molecule is Cc1cc(C(=O)NCc2ccc3c(c2)OCO3)no1. The van der Waals surface area contributed by atoms with E-state index in [0.717, 1.165) is 11.3 Å². The van der Waals surface area contributed by atoms with Gasteiger partial charge in [-0.25, -0.2) is 0 Å². The summed E-state index contributed by atoms with van der Waals surface area (Å²) in [7, 11) is 0. The molecule has 1 aromatic heterocycles. The predicted molar refractivity (Wildman–Crippen MR) is 65.0 cm³/mol. The zero-order chi connectivity index (χ0) is 13.2. The van der Waals surface area contributed by atoms with Crippen LogP contribution in [-0.2, 0) is 6.54 Å². The molecule has 1 amide bonds. The summed E-state index contributed by atoms with van der Waals surface area (Å²) in [6.45, 7) is 2.37. The van der Waals surface area contributed by atoms with Gasteiger partial charge in [0.05, 0.1) is 0 Å². The van der Waals surface area contributed by atoms with Crippen molar-refractivity contribution in [1.82, 2.24) is 10.5 Å². The molecule has 0 saturated carbocycles. The van der Waals surface area contributed by atoms with Crippen molar-refractivity contribution < 1.29 is 18.8 Å². The van der Waals surface area contributed by atoms with Crippen molar-refractivity contribution in [3.63, 3.8) is 0 Å². The molecule has 6 nitrogen and oxygen atoms in total. The van der Waals surface area contributed by atoms with Gasteiger partial charge >= 0.3 is 0 Å². The molecule has 0 unspecified atom stereocenters. The number of rotatable bonds is 3. The van der Waals surface area contributed by atoms with E-state index in [-0.39, 0.29) is 18.4 Å². The minimum absolute atomic E-state index is 0.239. The van der Waals surface area contributed by atoms with Gasteiger partial charge in [0.2, 0.25) is 6.79 Å². The van der Waals surface area contributed by atoms with Crippen LogP contribution in [0.1, 0.15) is 21.8 Å². The summed E-state index contributed by atoms with van der Waals surface area (Å²) in [5.74, 6) is 1.76. The van der Waals surface area contributed by atoms with E-state index in [1.807, 2.05) is 18.2 Å². The van der Waals surface area contributed by atoms with Crippen LogP contribution in [0.25, 0.3) is 0 Å². The third-order valence-corrected chi connectivity index (χ3v) is 2.75. The van der Waals surface area contributed by atoms with Crippen molar-refractivity contribution in [3.05, 3.63) is 41.3 Å². The lowest BCUT2D eigenvalue weighted by atomic mass is 10.2. The molecule has 0 bridgehead atoms. The van der Waals surface area contributed by atoms with Gasteiger partial charge in [-0.1, -0.05) is 11.2 Å². The van der Waals surface area contributed by atoms with Gasteiger partial charge in [-0.15, -0.1) is 0 Å². The maximum Gasteiger partial charge on any atom is 0.273 e. The highest BCUT2D eigenvalue weighted by Gasteiger charge is 2.14. The lowest BCUT2D eigenvalue weighted by molar-refractivity contribution is 0.0941. The van der Waals surface area contributed by atoms with Crippen molar-refractivity contribution in [1.29, 1.82) is 0 Å². The second kappa shape index (κ2) is 4.64. The lowest BCUT2D eigenvalue weighted by Crippen LogP contribution is -2.22. The molecule has 0 spiro atoms. The smallest absolute Gasteiger partial charge is 0.273 e. The maximum absolute atomic E-state index is 11.8. The molecule has 1 N–H and O–H groups in total. The van der Waals surface area contributed by atoms with Gasteiger partial charge < -0.3 is 19.3 Å². The Kier molecular flexibility index (Phi) is 2.83. The molecule has 0 fully saturated rings. The van der Waals surface area contributed by atoms with E-state index in [2.05, 4.69) is 10.5 Å². The van der Waals surface area contributed by atoms with Crippen LogP contribution in [0.2, 0.25) is 0 Å². The van der Waals surface area contributed by atoms with Crippen molar-refractivity contribution in [2.24, 2.45) is 0 Å². The zero-order valence-electron chi connectivity index (χ0n) is 10.3. The zero-order valence-corrected chi connectivity index (χ0v) is 10.3. The molecule has 1 aliphatic rings. The van der Waals surface area contributed by atoms with Gasteiger partial charge in [0.1, 0.15) is 5.76 Å². The molecular formula is C13H12N2O4. The fourth-order valence-corrected chi connectivity index (χ4v) is 1.80. The third kappa shape index (κ3) is 2.37. The predicted octanol–water partition coefficient (Wildman–Crippen LogP) is 1.64. The van der Waals surface area contributed by atoms with Crippen molar-refractivity contribution in [3.8, 4) is 11.5 Å². The van der Waals surface area contributed by atoms with Crippen LogP contribution in [0.5, 0.6) is 11.5 Å². The number of hydrogen-bond acceptors (Lipinski definition) is 5. The molecular weight excluding hydrogens is 248 g/mol. The van der Waals surface area contributed by atoms with Gasteiger partial charge in [0.25, 0.3) is 5.91 Å². The number of amides is 1. The second-order valence-electron chi connectivity index (χ2n) is 4.19. The number of hydrogen-bond donors (Lipinski definition) is 1. The Morgan fingerprint density at radius 2 is 2.16 bits per heavy atom. The van der Waals surface area contributed by atoms with E-state index in [4.69, 9.17) is 14.0 Å². The van der Waals surface area contributed by atoms with E-state index in [1.165, 1.54) is 0 Å². The number of fused-ring (bicyclic) bond motifs is 1. The Morgan fingerprint density at radius 3 is 2.95 bits per heavy atom. The minimum atomic E-state index is -0.269. The summed E-state index contributed by atoms with van der Waals surface area (Å²) in [4.78, 5) is 11.8. The molecule has 98 valence electrons. The average Bonchev–Trinajstić information content (AvgIpc) is 3.03. The molecule has 3 rings (SSSR count). The van der Waals surface area contributed by atoms with Crippen LogP contribution < -0.4 is 14.8 Å². The number of benzene rings is 1. The molecule has 1 aromatic carbocycles. The van der Waals surface area contributed by atoms with E-state index >= 15 is 0 Å². The van der Waals surface area contributed by atoms with Crippen LogP contribution in [0.4, 0.5) is 0 Å². The average molecular weight is 260 g/mol. The first-order valence-electron chi connectivity index (χ1n) is 5.82. The normalized spacial score (nSPS) is 12.5. The highest BCUT2D eigenvalue weighted by molar-refractivity contribution is 5.92. The number of nitrogens with one attached hydrogen (secondary N) is 1. The highest BCUT2D eigenvalue weighted by Crippen LogP contribution is 2.32. The quantitative estimate of drug-likeness (QED) is 0.908. The first kappa shape index (κ1) is 11.6. The molecule has 1 aliphatic heterocycles. The largest absolute Gasteiger partial charge is 0.454 e. The Morgan fingerprint density at radius 1 is 1.32 bits per heavy atom. The highest BCUT2D eigenvalue weighted by atomic mass is 16.7. The first-order valence-corrected chi connectivity index (χ1v) is 5.82. The van der Waals surface area contributed by atoms with E-state index in [0.29, 0.717) is 18.1 Å². The molecule has 0 radical (unpaired) electrons. The van der Waals surface area contributed by atoms with Crippen LogP contribution in [0.15, 0.2) is 28.8 Å². The minimum Gasteiger partial charge on any atom is -0.454 e. The fraction of sp³-hybridized carbons (Fsp3) is 0.231. The molecule has 2 heterocycles. The van der Waals surface area contributed by atoms with Crippen molar-refractivity contribution in [2.45, 2.75) is 13.5 Å². The van der Waals surface area contributed by atoms with Gasteiger partial charge in [-0.2, -0.15) is 0 Å². The number of aryl methyl sites for hydroxylation is 1. The number of aromatic nitrogens is 1. The fourth-order valence-electron chi connectivity index (χ4n) is 1.80. The standard InChI is InChI=1S/C13H12N2O4/c1-8-4-10(15-19-8)13(16)14-6-9-2-3-11-12(5-9)18-7-17-11/h2-5H,6-7H2,1H3,(H,14,16). The Labute approximate surface area is 109 Å². The third-order valence-electron chi connectivity index (χ3n) is 2.75. The number of carbonyl (C=O) groups excluding carboxylic acids is 1. The monoisotopic (exact) mass is 260 g/mol. The topological polar surface area (TPSA) is 73.6 Å². The van der Waals surface area contributed by atoms with Crippen molar-refractivity contribution >= 4 is 5.91 Å². The molecule has 6 heteroatoms. The van der Waals surface area contributed by atoms with E-state index < -0.39 is 0 Å². The molecule has 0 saturated heterocycles. The van der Waals surface area contributed by atoms with Crippen molar-refractivity contribution in [2.75, 3.05) is 6.79 Å². The van der Waals surface area contributed by atoms with Crippen LogP contribution in [0.3, 0.4) is 0 Å². The molecule has 0 aliphatic carbocycles. The van der Waals surface area contributed by atoms with Gasteiger partial charge in [-0.3, -0.25) is 4.79 Å². The number of nitrogens with zero attached hydrogens (tertiary/aromatic N) is 1. The number of carbonyl (C=O) groups is 1. The summed E-state index contributed by atoms with van der Waals surface area (Å²) in [5, 5.41) is 6.42. The van der Waals surface area contributed by atoms with Gasteiger partial charge in [0.15, 0.2) is 17.2 Å². The lowest BCUT2D eigenvalue weighted by Gasteiger charge is -2.04. The maximum atomic E-state index is 11.8. The Bertz CT molecular complexity index is 621. The summed E-state index contributed by atoms with van der Waals surface area (Å²) in [6.07, 6.45) is 0. The van der Waals surface area contributed by atoms with Gasteiger partial charge in [0, 0.05) is 12.6 Å². The Balaban J connectivity index is 1.64. The van der Waals surface area contributed by atoms with Crippen LogP contribution in [0, 0.1) is 6.92 Å². The number of ether oxygens (including phenoxy) is 2. The Hall–Kier alpha value is -2.50. The molecule has 2 aromatic rings. The van der Waals surface area contributed by atoms with E-state index in [1.54, 1.807) is 13.0 Å².